The third-order valence-corrected chi connectivity index (χ3v) is 12.9. The average molecular weight is 550 g/mol. The number of fused-ring (bicyclic) bond motifs is 2. The molecule has 2 aromatic rings. The molecule has 2 atom stereocenters. The van der Waals surface area contributed by atoms with Crippen molar-refractivity contribution >= 4 is 20.9 Å². The molecule has 0 radical (unpaired) electrons. The van der Waals surface area contributed by atoms with Crippen LogP contribution in [0, 0.1) is 0 Å². The normalized spacial score (nSPS) is 18.6. The molecular formula is C31H42OSiZr. The summed E-state index contributed by atoms with van der Waals surface area (Å²) in [5.74, 6) is 0. The molecule has 0 N–H and O–H groups in total. The average Bonchev–Trinajstić information content (AvgIpc) is 3.21. The Morgan fingerprint density at radius 2 is 1.29 bits per heavy atom. The molecule has 4 rings (SSSR count). The fraction of sp³-hybridized carbons (Fsp3) is 0.355. The standard InChI is InChI=1S/2C11H11.C5H8.C4H12OSi.Zr/c2*1-8-7-10-5-3-4-6-11(10)9(8)2;1-3-5-4-2;1-4(2)5-6-3;/h2*3-7H,1-2H3;3-5H,1H2,2H3;4H,6H2,1-3H3;. The zero-order chi connectivity index (χ0) is 25.3. The van der Waals surface area contributed by atoms with E-state index in [1.54, 1.807) is 28.3 Å². The third kappa shape index (κ3) is 7.00. The molecule has 0 amide bonds. The Bertz CT molecular complexity index is 989. The van der Waals surface area contributed by atoms with E-state index in [4.69, 9.17) is 4.43 Å². The molecule has 2 aliphatic rings. The zero-order valence-electron chi connectivity index (χ0n) is 22.4. The van der Waals surface area contributed by atoms with Crippen molar-refractivity contribution < 1.29 is 27.7 Å². The Kier molecular flexibility index (Phi) is 11.9. The molecule has 0 aromatic heterocycles. The largest absolute Gasteiger partial charge is 0.422 e. The van der Waals surface area contributed by atoms with Crippen LogP contribution in [0.15, 0.2) is 84.5 Å². The summed E-state index contributed by atoms with van der Waals surface area (Å²) in [5.41, 5.74) is 12.5. The van der Waals surface area contributed by atoms with Crippen molar-refractivity contribution in [1.82, 2.24) is 0 Å². The minimum atomic E-state index is -0.668. The molecule has 2 unspecified atom stereocenters. The van der Waals surface area contributed by atoms with E-state index in [0.29, 0.717) is 6.10 Å². The van der Waals surface area contributed by atoms with Crippen molar-refractivity contribution in [3.63, 3.8) is 0 Å². The maximum Gasteiger partial charge on any atom is 0.158 e. The van der Waals surface area contributed by atoms with Crippen LogP contribution in [0.3, 0.4) is 0 Å². The first-order valence-corrected chi connectivity index (χ1v) is 17.3. The summed E-state index contributed by atoms with van der Waals surface area (Å²) in [6.45, 7) is 21.1. The summed E-state index contributed by atoms with van der Waals surface area (Å²) in [7, 11) is -0.133. The molecule has 0 heterocycles. The molecule has 1 nitrogen and oxygen atoms in total. The fourth-order valence-corrected chi connectivity index (χ4v) is 10.5. The molecule has 0 spiro atoms. The van der Waals surface area contributed by atoms with Crippen LogP contribution in [0.2, 0.25) is 6.55 Å². The van der Waals surface area contributed by atoms with E-state index >= 15 is 0 Å². The van der Waals surface area contributed by atoms with Gasteiger partial charge in [-0.3, -0.25) is 0 Å². The maximum absolute atomic E-state index is 5.18. The van der Waals surface area contributed by atoms with Crippen LogP contribution >= 0.6 is 0 Å². The molecule has 180 valence electrons. The van der Waals surface area contributed by atoms with Gasteiger partial charge in [0.2, 0.25) is 0 Å². The van der Waals surface area contributed by atoms with Crippen molar-refractivity contribution in [2.24, 2.45) is 0 Å². The van der Waals surface area contributed by atoms with E-state index in [1.807, 2.05) is 19.1 Å². The minimum Gasteiger partial charge on any atom is -0.422 e. The summed E-state index contributed by atoms with van der Waals surface area (Å²) in [6.07, 6.45) is 6.04. The van der Waals surface area contributed by atoms with Crippen LogP contribution in [0.4, 0.5) is 0 Å². The minimum absolute atomic E-state index is 0.133. The van der Waals surface area contributed by atoms with Gasteiger partial charge in [-0.1, -0.05) is 31.4 Å². The molecule has 0 bridgehead atoms. The second-order valence-corrected chi connectivity index (χ2v) is 13.7. The Hall–Kier alpha value is -1.54. The third-order valence-electron chi connectivity index (χ3n) is 6.56. The first-order valence-electron chi connectivity index (χ1n) is 12.4. The molecule has 0 aliphatic heterocycles. The molecular weight excluding hydrogens is 508 g/mol. The van der Waals surface area contributed by atoms with E-state index in [9.17, 15) is 0 Å². The van der Waals surface area contributed by atoms with Crippen molar-refractivity contribution in [2.75, 3.05) is 0 Å². The first-order chi connectivity index (χ1) is 16.3. The predicted octanol–water partition coefficient (Wildman–Crippen LogP) is 8.46. The summed E-state index contributed by atoms with van der Waals surface area (Å²) in [5, 5.41) is 0. The van der Waals surface area contributed by atoms with Gasteiger partial charge in [-0.2, -0.15) is 0 Å². The van der Waals surface area contributed by atoms with Crippen LogP contribution < -0.4 is 0 Å². The second-order valence-electron chi connectivity index (χ2n) is 9.09. The second kappa shape index (κ2) is 14.1. The van der Waals surface area contributed by atoms with Gasteiger partial charge < -0.3 is 4.43 Å². The molecule has 34 heavy (non-hydrogen) atoms. The Morgan fingerprint density at radius 1 is 0.853 bits per heavy atom. The monoisotopic (exact) mass is 548 g/mol. The summed E-state index contributed by atoms with van der Waals surface area (Å²) in [4.78, 5) is 0. The van der Waals surface area contributed by atoms with Gasteiger partial charge in [0.25, 0.3) is 0 Å². The summed E-state index contributed by atoms with van der Waals surface area (Å²) < 4.78 is 6.64. The zero-order valence-corrected chi connectivity index (χ0v) is 26.3. The van der Waals surface area contributed by atoms with E-state index in [0.717, 1.165) is 7.25 Å². The molecule has 0 saturated heterocycles. The smallest absolute Gasteiger partial charge is 0.158 e. The van der Waals surface area contributed by atoms with Crippen molar-refractivity contribution in [3.8, 4) is 0 Å². The fourth-order valence-electron chi connectivity index (χ4n) is 4.57. The molecule has 3 heteroatoms. The molecule has 2 aromatic carbocycles. The molecule has 2 aliphatic carbocycles. The Labute approximate surface area is 222 Å². The Morgan fingerprint density at radius 3 is 1.59 bits per heavy atom. The summed E-state index contributed by atoms with van der Waals surface area (Å²) >= 11 is -0.668. The van der Waals surface area contributed by atoms with E-state index < -0.39 is 23.2 Å². The van der Waals surface area contributed by atoms with Crippen LogP contribution in [0.1, 0.15) is 78.0 Å². The number of hydrogen-bond acceptors (Lipinski definition) is 1. The molecule has 0 saturated carbocycles. The van der Waals surface area contributed by atoms with Gasteiger partial charge in [0.05, 0.1) is 0 Å². The predicted molar refractivity (Wildman–Crippen MR) is 151 cm³/mol. The summed E-state index contributed by atoms with van der Waals surface area (Å²) in [6, 6.07) is 18.2. The maximum atomic E-state index is 5.18. The van der Waals surface area contributed by atoms with Crippen LogP contribution in [-0.2, 0) is 27.7 Å². The topological polar surface area (TPSA) is 9.23 Å². The number of hydrogen-bond donors (Lipinski definition) is 0. The number of allylic oxidation sites excluding steroid dienone is 7. The molecule has 0 fully saturated rings. The van der Waals surface area contributed by atoms with Crippen LogP contribution in [0.5, 0.6) is 0 Å². The Balaban J connectivity index is 0.000000313. The van der Waals surface area contributed by atoms with Crippen molar-refractivity contribution in [2.45, 2.75) is 68.4 Å². The van der Waals surface area contributed by atoms with Crippen molar-refractivity contribution in [3.05, 3.63) is 107 Å². The van der Waals surface area contributed by atoms with Gasteiger partial charge in [-0.25, -0.2) is 0 Å². The van der Waals surface area contributed by atoms with Gasteiger partial charge >= 0.3 is 151 Å². The van der Waals surface area contributed by atoms with Gasteiger partial charge in [0.1, 0.15) is 0 Å². The van der Waals surface area contributed by atoms with Crippen molar-refractivity contribution in [1.29, 1.82) is 0 Å². The van der Waals surface area contributed by atoms with Gasteiger partial charge in [0, 0.05) is 6.10 Å². The van der Waals surface area contributed by atoms with E-state index in [-0.39, 0.29) is 9.76 Å². The van der Waals surface area contributed by atoms with E-state index in [2.05, 4.69) is 103 Å². The quantitative estimate of drug-likeness (QED) is 0.268. The van der Waals surface area contributed by atoms with Crippen LogP contribution in [-0.4, -0.2) is 15.9 Å². The van der Waals surface area contributed by atoms with Gasteiger partial charge in [-0.15, -0.1) is 0 Å². The number of benzene rings is 2. The first kappa shape index (κ1) is 28.7. The van der Waals surface area contributed by atoms with Crippen LogP contribution in [0.25, 0.3) is 11.1 Å². The SMILES string of the molecule is C=CC=CC.CC1=C(C)[CH]([Zr][CH]2C(C)=C(C)c3ccccc32)c2ccccc21.C[SiH2]OC(C)C. The number of rotatable bonds is 5. The van der Waals surface area contributed by atoms with Gasteiger partial charge in [0.15, 0.2) is 9.76 Å². The van der Waals surface area contributed by atoms with Gasteiger partial charge in [-0.05, 0) is 20.8 Å². The van der Waals surface area contributed by atoms with E-state index in [1.165, 1.54) is 22.3 Å².